The maximum absolute atomic E-state index is 13.0. The molecule has 2 amide bonds. The van der Waals surface area contributed by atoms with Crippen LogP contribution in [0.5, 0.6) is 0 Å². The summed E-state index contributed by atoms with van der Waals surface area (Å²) in [4.78, 5) is 24.8. The minimum absolute atomic E-state index is 0.0246. The van der Waals surface area contributed by atoms with E-state index < -0.39 is 18.4 Å². The van der Waals surface area contributed by atoms with Crippen molar-refractivity contribution in [1.82, 2.24) is 10.2 Å². The van der Waals surface area contributed by atoms with Crippen molar-refractivity contribution in [2.24, 2.45) is 17.3 Å². The molecule has 3 atom stereocenters. The lowest BCUT2D eigenvalue weighted by Crippen LogP contribution is -2.65. The van der Waals surface area contributed by atoms with E-state index in [1.807, 2.05) is 20.8 Å². The van der Waals surface area contributed by atoms with Gasteiger partial charge < -0.3 is 15.3 Å². The van der Waals surface area contributed by atoms with E-state index >= 15 is 0 Å². The van der Waals surface area contributed by atoms with Gasteiger partial charge in [-0.05, 0) is 11.3 Å². The summed E-state index contributed by atoms with van der Waals surface area (Å²) in [6.45, 7) is 8.19. The van der Waals surface area contributed by atoms with Gasteiger partial charge in [0.25, 0.3) is 12.3 Å². The summed E-state index contributed by atoms with van der Waals surface area (Å²) in [6.07, 6.45) is -0.733. The molecule has 0 aromatic rings. The average Bonchev–Trinajstić information content (AvgIpc) is 2.77. The molecule has 2 aliphatic rings. The molecule has 0 radical (unpaired) electrons. The molecular formula is C17H24F2N2O3. The number of halogens is 2. The monoisotopic (exact) mass is 342 g/mol. The van der Waals surface area contributed by atoms with Gasteiger partial charge in [-0.2, -0.15) is 0 Å². The topological polar surface area (TPSA) is 69.6 Å². The van der Waals surface area contributed by atoms with Crippen LogP contribution >= 0.6 is 0 Å². The quantitative estimate of drug-likeness (QED) is 0.825. The molecule has 3 unspecified atom stereocenters. The van der Waals surface area contributed by atoms with E-state index in [0.717, 1.165) is 0 Å². The molecule has 1 aliphatic carbocycles. The summed E-state index contributed by atoms with van der Waals surface area (Å²) < 4.78 is 26.0. The fraction of sp³-hybridized carbons (Fsp3) is 0.647. The lowest BCUT2D eigenvalue weighted by Gasteiger charge is -2.52. The van der Waals surface area contributed by atoms with E-state index in [9.17, 15) is 23.5 Å². The lowest BCUT2D eigenvalue weighted by molar-refractivity contribution is -0.118. The summed E-state index contributed by atoms with van der Waals surface area (Å²) in [7, 11) is 0. The first-order valence-corrected chi connectivity index (χ1v) is 8.02. The molecule has 5 nitrogen and oxygen atoms in total. The number of nitrogens with zero attached hydrogens (tertiary/aromatic N) is 1. The molecule has 0 spiro atoms. The van der Waals surface area contributed by atoms with Crippen molar-refractivity contribution < 1.29 is 23.5 Å². The van der Waals surface area contributed by atoms with Gasteiger partial charge >= 0.3 is 6.09 Å². The second-order valence-electron chi connectivity index (χ2n) is 7.58. The molecule has 7 heteroatoms. The third-order valence-electron chi connectivity index (χ3n) is 4.53. The van der Waals surface area contributed by atoms with Crippen molar-refractivity contribution in [3.8, 4) is 0 Å². The van der Waals surface area contributed by atoms with Crippen molar-refractivity contribution >= 4 is 12.0 Å². The Balaban J connectivity index is 1.99. The molecule has 0 aromatic carbocycles. The number of hydrogen-bond donors (Lipinski definition) is 2. The van der Waals surface area contributed by atoms with E-state index in [1.54, 1.807) is 6.92 Å². The summed E-state index contributed by atoms with van der Waals surface area (Å²) in [5, 5.41) is 11.9. The highest BCUT2D eigenvalue weighted by Gasteiger charge is 2.48. The highest BCUT2D eigenvalue weighted by atomic mass is 19.3. The Bertz CT molecular complexity index is 593. The highest BCUT2D eigenvalue weighted by Crippen LogP contribution is 2.38. The van der Waals surface area contributed by atoms with Crippen LogP contribution in [-0.2, 0) is 4.79 Å². The van der Waals surface area contributed by atoms with Crippen LogP contribution in [0.25, 0.3) is 0 Å². The lowest BCUT2D eigenvalue weighted by atomic mass is 9.72. The van der Waals surface area contributed by atoms with Gasteiger partial charge in [-0.1, -0.05) is 39.8 Å². The third-order valence-corrected chi connectivity index (χ3v) is 4.53. The van der Waals surface area contributed by atoms with Gasteiger partial charge in [-0.25, -0.2) is 13.6 Å². The van der Waals surface area contributed by atoms with E-state index in [-0.39, 0.29) is 41.0 Å². The van der Waals surface area contributed by atoms with Gasteiger partial charge in [0.05, 0.1) is 0 Å². The zero-order chi connectivity index (χ0) is 18.2. The SMILES string of the molecule is CC1C=C(C(=O)NCC2CN(C(=O)O)C2C(C)(C)C)C(C(F)F)=C1. The zero-order valence-electron chi connectivity index (χ0n) is 14.3. The van der Waals surface area contributed by atoms with E-state index in [0.29, 0.717) is 6.54 Å². The van der Waals surface area contributed by atoms with Gasteiger partial charge in [0.2, 0.25) is 0 Å². The molecule has 2 N–H and O–H groups in total. The summed E-state index contributed by atoms with van der Waals surface area (Å²) in [5.41, 5.74) is -0.464. The van der Waals surface area contributed by atoms with Gasteiger partial charge in [0.15, 0.2) is 0 Å². The van der Waals surface area contributed by atoms with Gasteiger partial charge in [-0.15, -0.1) is 0 Å². The smallest absolute Gasteiger partial charge is 0.407 e. The Hall–Kier alpha value is -1.92. The van der Waals surface area contributed by atoms with Crippen molar-refractivity contribution in [1.29, 1.82) is 0 Å². The van der Waals surface area contributed by atoms with Gasteiger partial charge in [-0.3, -0.25) is 4.79 Å². The minimum Gasteiger partial charge on any atom is -0.465 e. The maximum Gasteiger partial charge on any atom is 0.407 e. The van der Waals surface area contributed by atoms with Crippen molar-refractivity contribution in [2.45, 2.75) is 40.2 Å². The van der Waals surface area contributed by atoms with Crippen LogP contribution in [0.3, 0.4) is 0 Å². The number of likely N-dealkylation sites (tertiary alicyclic amines) is 1. The van der Waals surface area contributed by atoms with E-state index in [1.165, 1.54) is 17.1 Å². The van der Waals surface area contributed by atoms with Gasteiger partial charge in [0.1, 0.15) is 0 Å². The molecule has 0 aromatic heterocycles. The highest BCUT2D eigenvalue weighted by molar-refractivity contribution is 5.98. The number of nitrogens with one attached hydrogen (secondary N) is 1. The molecule has 1 fully saturated rings. The molecule has 134 valence electrons. The average molecular weight is 342 g/mol. The Morgan fingerprint density at radius 2 is 2.00 bits per heavy atom. The van der Waals surface area contributed by atoms with Crippen molar-refractivity contribution in [3.63, 3.8) is 0 Å². The fourth-order valence-corrected chi connectivity index (χ4v) is 3.63. The molecule has 1 saturated heterocycles. The largest absolute Gasteiger partial charge is 0.465 e. The van der Waals surface area contributed by atoms with Crippen LogP contribution in [0.15, 0.2) is 23.3 Å². The molecular weight excluding hydrogens is 318 g/mol. The fourth-order valence-electron chi connectivity index (χ4n) is 3.63. The number of carbonyl (C=O) groups is 2. The Morgan fingerprint density at radius 3 is 2.50 bits per heavy atom. The number of alkyl halides is 2. The van der Waals surface area contributed by atoms with Crippen LogP contribution < -0.4 is 5.32 Å². The zero-order valence-corrected chi connectivity index (χ0v) is 14.3. The first-order valence-electron chi connectivity index (χ1n) is 8.02. The van der Waals surface area contributed by atoms with Crippen LogP contribution in [-0.4, -0.2) is 47.6 Å². The Kier molecular flexibility index (Phi) is 5.01. The molecule has 0 saturated carbocycles. The van der Waals surface area contributed by atoms with Crippen molar-refractivity contribution in [2.75, 3.05) is 13.1 Å². The number of rotatable bonds is 4. The number of carbonyl (C=O) groups excluding carboxylic acids is 1. The second kappa shape index (κ2) is 6.53. The number of amides is 2. The second-order valence-corrected chi connectivity index (χ2v) is 7.58. The van der Waals surface area contributed by atoms with Crippen LogP contribution in [0.1, 0.15) is 27.7 Å². The summed E-state index contributed by atoms with van der Waals surface area (Å²) in [6, 6.07) is -0.211. The Labute approximate surface area is 140 Å². The number of carboxylic acid groups (broad SMARTS) is 1. The Morgan fingerprint density at radius 1 is 1.38 bits per heavy atom. The number of allylic oxidation sites excluding steroid dienone is 2. The normalized spacial score (nSPS) is 26.8. The molecule has 0 bridgehead atoms. The summed E-state index contributed by atoms with van der Waals surface area (Å²) >= 11 is 0. The molecule has 24 heavy (non-hydrogen) atoms. The maximum atomic E-state index is 13.0. The van der Waals surface area contributed by atoms with Crippen LogP contribution in [0.4, 0.5) is 13.6 Å². The molecule has 1 aliphatic heterocycles. The third kappa shape index (κ3) is 3.60. The van der Waals surface area contributed by atoms with Crippen LogP contribution in [0.2, 0.25) is 0 Å². The van der Waals surface area contributed by atoms with E-state index in [2.05, 4.69) is 5.32 Å². The molecule has 1 heterocycles. The first kappa shape index (κ1) is 18.4. The number of hydrogen-bond acceptors (Lipinski definition) is 2. The van der Waals surface area contributed by atoms with Crippen molar-refractivity contribution in [3.05, 3.63) is 23.3 Å². The summed E-state index contributed by atoms with van der Waals surface area (Å²) in [5.74, 6) is -0.737. The first-order chi connectivity index (χ1) is 11.0. The standard InChI is InChI=1S/C17H24F2N2O3/c1-9-5-11(14(18)19)12(6-9)15(22)20-7-10-8-21(16(23)24)13(10)17(2,3)4/h5-6,9-10,13-14H,7-8H2,1-4H3,(H,20,22)(H,23,24). The predicted octanol–water partition coefficient (Wildman–Crippen LogP) is 2.89. The molecule has 2 rings (SSSR count). The van der Waals surface area contributed by atoms with Crippen LogP contribution in [0, 0.1) is 17.3 Å². The van der Waals surface area contributed by atoms with Gasteiger partial charge in [0, 0.05) is 36.2 Å². The predicted molar refractivity (Wildman–Crippen MR) is 85.8 cm³/mol. The minimum atomic E-state index is -2.68. The van der Waals surface area contributed by atoms with E-state index in [4.69, 9.17) is 0 Å².